The molecule has 8 nitrogen and oxygen atoms in total. The van der Waals surface area contributed by atoms with Gasteiger partial charge in [-0.05, 0) is 30.3 Å². The first-order valence-corrected chi connectivity index (χ1v) is 6.61. The van der Waals surface area contributed by atoms with Gasteiger partial charge in [0.25, 0.3) is 5.69 Å². The van der Waals surface area contributed by atoms with Crippen molar-refractivity contribution < 1.29 is 18.9 Å². The number of para-hydroxylation sites is 1. The van der Waals surface area contributed by atoms with Crippen LogP contribution < -0.4 is 10.7 Å². The van der Waals surface area contributed by atoms with Crippen molar-refractivity contribution in [2.24, 2.45) is 5.10 Å². The molecule has 2 rings (SSSR count). The molecule has 0 saturated heterocycles. The fourth-order valence-electron chi connectivity index (χ4n) is 1.70. The molecular weight excluding hydrogens is 319 g/mol. The van der Waals surface area contributed by atoms with E-state index < -0.39 is 22.6 Å². The summed E-state index contributed by atoms with van der Waals surface area (Å²) in [5.74, 6) is -2.57. The number of anilines is 1. The number of nitrogens with one attached hydrogen (secondary N) is 2. The van der Waals surface area contributed by atoms with E-state index in [-0.39, 0.29) is 16.9 Å². The lowest BCUT2D eigenvalue weighted by Gasteiger charge is -2.03. The van der Waals surface area contributed by atoms with Crippen LogP contribution in [0, 0.1) is 15.9 Å². The number of nitrogens with zero attached hydrogens (tertiary/aromatic N) is 2. The Morgan fingerprint density at radius 1 is 1.08 bits per heavy atom. The quantitative estimate of drug-likeness (QED) is 0.385. The van der Waals surface area contributed by atoms with Crippen LogP contribution in [0.3, 0.4) is 0 Å². The molecular formula is C15H11FN4O4. The van der Waals surface area contributed by atoms with Crippen molar-refractivity contribution in [1.29, 1.82) is 0 Å². The van der Waals surface area contributed by atoms with Crippen LogP contribution in [0.2, 0.25) is 0 Å². The van der Waals surface area contributed by atoms with E-state index in [9.17, 15) is 24.1 Å². The normalized spacial score (nSPS) is 10.4. The zero-order chi connectivity index (χ0) is 17.5. The van der Waals surface area contributed by atoms with Gasteiger partial charge in [-0.1, -0.05) is 12.1 Å². The molecule has 2 aromatic rings. The molecule has 0 spiro atoms. The minimum atomic E-state index is -1.07. The molecule has 0 aliphatic heterocycles. The molecule has 0 fully saturated rings. The van der Waals surface area contributed by atoms with Crippen LogP contribution in [0.5, 0.6) is 0 Å². The van der Waals surface area contributed by atoms with Crippen LogP contribution in [-0.4, -0.2) is 23.0 Å². The highest BCUT2D eigenvalue weighted by Gasteiger charge is 2.14. The molecule has 0 unspecified atom stereocenters. The number of nitro groups is 1. The maximum absolute atomic E-state index is 12.7. The molecule has 9 heteroatoms. The minimum absolute atomic E-state index is 0.168. The second-order valence-corrected chi connectivity index (χ2v) is 4.48. The van der Waals surface area contributed by atoms with Crippen molar-refractivity contribution in [3.8, 4) is 0 Å². The van der Waals surface area contributed by atoms with Crippen LogP contribution in [0.15, 0.2) is 53.6 Å². The first-order valence-electron chi connectivity index (χ1n) is 6.61. The fourth-order valence-corrected chi connectivity index (χ4v) is 1.70. The Morgan fingerprint density at radius 2 is 1.75 bits per heavy atom. The molecule has 2 N–H and O–H groups in total. The third-order valence-electron chi connectivity index (χ3n) is 2.81. The molecule has 0 radical (unpaired) electrons. The van der Waals surface area contributed by atoms with Gasteiger partial charge in [-0.25, -0.2) is 9.82 Å². The highest BCUT2D eigenvalue weighted by molar-refractivity contribution is 6.39. The lowest BCUT2D eigenvalue weighted by atomic mass is 10.2. The molecule has 0 aromatic heterocycles. The van der Waals surface area contributed by atoms with Crippen LogP contribution in [0.25, 0.3) is 0 Å². The van der Waals surface area contributed by atoms with E-state index in [0.29, 0.717) is 0 Å². The van der Waals surface area contributed by atoms with Crippen molar-refractivity contribution in [2.75, 3.05) is 5.32 Å². The standard InChI is InChI=1S/C15H11FN4O4/c16-11-5-7-12(8-6-11)18-14(21)15(22)19-17-9-10-3-1-2-4-13(10)20(23)24/h1-9H,(H,18,21)(H,19,22). The fraction of sp³-hybridized carbons (Fsp3) is 0. The summed E-state index contributed by atoms with van der Waals surface area (Å²) < 4.78 is 12.7. The van der Waals surface area contributed by atoms with E-state index >= 15 is 0 Å². The Hall–Kier alpha value is -3.62. The average molecular weight is 330 g/mol. The highest BCUT2D eigenvalue weighted by Crippen LogP contribution is 2.15. The topological polar surface area (TPSA) is 114 Å². The van der Waals surface area contributed by atoms with Gasteiger partial charge < -0.3 is 5.32 Å². The average Bonchev–Trinajstić information content (AvgIpc) is 2.57. The van der Waals surface area contributed by atoms with Gasteiger partial charge in [0, 0.05) is 11.8 Å². The van der Waals surface area contributed by atoms with Gasteiger partial charge in [0.1, 0.15) is 5.82 Å². The molecule has 2 amide bonds. The third-order valence-corrected chi connectivity index (χ3v) is 2.81. The molecule has 122 valence electrons. The monoisotopic (exact) mass is 330 g/mol. The van der Waals surface area contributed by atoms with E-state index in [2.05, 4.69) is 10.4 Å². The van der Waals surface area contributed by atoms with E-state index in [0.717, 1.165) is 18.3 Å². The first-order chi connectivity index (χ1) is 11.5. The Labute approximate surface area is 135 Å². The number of carbonyl (C=O) groups is 2. The largest absolute Gasteiger partial charge is 0.329 e. The van der Waals surface area contributed by atoms with Crippen molar-refractivity contribution >= 4 is 29.4 Å². The van der Waals surface area contributed by atoms with Crippen molar-refractivity contribution in [3.05, 3.63) is 70.0 Å². The van der Waals surface area contributed by atoms with Crippen molar-refractivity contribution in [3.63, 3.8) is 0 Å². The summed E-state index contributed by atoms with van der Waals surface area (Å²) in [5.41, 5.74) is 2.17. The maximum atomic E-state index is 12.7. The van der Waals surface area contributed by atoms with Gasteiger partial charge >= 0.3 is 11.8 Å². The molecule has 0 aliphatic rings. The lowest BCUT2D eigenvalue weighted by molar-refractivity contribution is -0.385. The zero-order valence-corrected chi connectivity index (χ0v) is 12.1. The number of rotatable bonds is 4. The van der Waals surface area contributed by atoms with Crippen LogP contribution in [-0.2, 0) is 9.59 Å². The zero-order valence-electron chi connectivity index (χ0n) is 12.1. The minimum Gasteiger partial charge on any atom is -0.318 e. The Balaban J connectivity index is 1.96. The van der Waals surface area contributed by atoms with Crippen molar-refractivity contribution in [2.45, 2.75) is 0 Å². The molecule has 24 heavy (non-hydrogen) atoms. The predicted molar refractivity (Wildman–Crippen MR) is 83.9 cm³/mol. The summed E-state index contributed by atoms with van der Waals surface area (Å²) in [7, 11) is 0. The molecule has 0 aliphatic carbocycles. The lowest BCUT2D eigenvalue weighted by Crippen LogP contribution is -2.32. The number of hydrazone groups is 1. The molecule has 2 aromatic carbocycles. The summed E-state index contributed by atoms with van der Waals surface area (Å²) >= 11 is 0. The van der Waals surface area contributed by atoms with Gasteiger partial charge in [0.2, 0.25) is 0 Å². The number of nitro benzene ring substituents is 1. The summed E-state index contributed by atoms with van der Waals surface area (Å²) in [5, 5.41) is 16.6. The van der Waals surface area contributed by atoms with Crippen LogP contribution in [0.4, 0.5) is 15.8 Å². The number of amides is 2. The van der Waals surface area contributed by atoms with Gasteiger partial charge in [0.05, 0.1) is 16.7 Å². The van der Waals surface area contributed by atoms with E-state index in [1.165, 1.54) is 30.3 Å². The summed E-state index contributed by atoms with van der Waals surface area (Å²) in [4.78, 5) is 33.4. The Bertz CT molecular complexity index is 805. The van der Waals surface area contributed by atoms with Gasteiger partial charge in [-0.15, -0.1) is 0 Å². The number of hydrogen-bond acceptors (Lipinski definition) is 5. The van der Waals surface area contributed by atoms with E-state index in [1.807, 2.05) is 5.43 Å². The van der Waals surface area contributed by atoms with Crippen molar-refractivity contribution in [1.82, 2.24) is 5.43 Å². The smallest absolute Gasteiger partial charge is 0.318 e. The van der Waals surface area contributed by atoms with Gasteiger partial charge in [0.15, 0.2) is 0 Å². The summed E-state index contributed by atoms with van der Waals surface area (Å²) in [6.45, 7) is 0. The summed E-state index contributed by atoms with van der Waals surface area (Å²) in [6.07, 6.45) is 1.06. The predicted octanol–water partition coefficient (Wildman–Crippen LogP) is 1.82. The Kier molecular flexibility index (Phi) is 5.29. The number of carbonyl (C=O) groups excluding carboxylic acids is 2. The molecule has 0 heterocycles. The number of hydrogen-bond donors (Lipinski definition) is 2. The third kappa shape index (κ3) is 4.44. The van der Waals surface area contributed by atoms with Gasteiger partial charge in [-0.2, -0.15) is 5.10 Å². The maximum Gasteiger partial charge on any atom is 0.329 e. The van der Waals surface area contributed by atoms with Gasteiger partial charge in [-0.3, -0.25) is 19.7 Å². The first kappa shape index (κ1) is 16.7. The number of benzene rings is 2. The highest BCUT2D eigenvalue weighted by atomic mass is 19.1. The second kappa shape index (κ2) is 7.58. The molecule has 0 saturated carbocycles. The molecule has 0 atom stereocenters. The summed E-state index contributed by atoms with van der Waals surface area (Å²) in [6, 6.07) is 10.6. The SMILES string of the molecule is O=C(NN=Cc1ccccc1[N+](=O)[O-])C(=O)Nc1ccc(F)cc1. The second-order valence-electron chi connectivity index (χ2n) is 4.48. The van der Waals surface area contributed by atoms with E-state index in [1.54, 1.807) is 6.07 Å². The van der Waals surface area contributed by atoms with E-state index in [4.69, 9.17) is 0 Å². The Morgan fingerprint density at radius 3 is 2.42 bits per heavy atom. The number of halogens is 1. The molecule has 0 bridgehead atoms. The van der Waals surface area contributed by atoms with Crippen LogP contribution in [0.1, 0.15) is 5.56 Å². The van der Waals surface area contributed by atoms with Crippen LogP contribution >= 0.6 is 0 Å².